The molecule has 1 amide bonds. The molecule has 2 aromatic rings. The van der Waals surface area contributed by atoms with E-state index in [-0.39, 0.29) is 5.56 Å². The summed E-state index contributed by atoms with van der Waals surface area (Å²) in [7, 11) is 4.26. The van der Waals surface area contributed by atoms with Crippen molar-refractivity contribution in [3.63, 3.8) is 0 Å². The molecule has 1 N–H and O–H groups in total. The van der Waals surface area contributed by atoms with E-state index in [1.54, 1.807) is 18.2 Å². The van der Waals surface area contributed by atoms with Crippen molar-refractivity contribution in [3.05, 3.63) is 52.5 Å². The Labute approximate surface area is 144 Å². The predicted octanol–water partition coefficient (Wildman–Crippen LogP) is 3.40. The van der Waals surface area contributed by atoms with Crippen molar-refractivity contribution in [1.82, 2.24) is 0 Å². The van der Waals surface area contributed by atoms with Crippen LogP contribution in [0.5, 0.6) is 11.5 Å². The summed E-state index contributed by atoms with van der Waals surface area (Å²) in [6.07, 6.45) is 0. The fraction of sp³-hybridized carbons (Fsp3) is 0.176. The maximum Gasteiger partial charge on any atom is 0.337 e. The van der Waals surface area contributed by atoms with Crippen LogP contribution in [-0.2, 0) is 4.74 Å². The molecule has 0 bridgehead atoms. The Balaban J connectivity index is 2.31. The monoisotopic (exact) mass is 349 g/mol. The minimum absolute atomic E-state index is 0.278. The number of amides is 1. The van der Waals surface area contributed by atoms with Gasteiger partial charge in [0.25, 0.3) is 5.91 Å². The lowest BCUT2D eigenvalue weighted by Gasteiger charge is -2.11. The molecule has 2 rings (SSSR count). The lowest BCUT2D eigenvalue weighted by molar-refractivity contribution is 0.0600. The van der Waals surface area contributed by atoms with Gasteiger partial charge in [0.2, 0.25) is 0 Å². The van der Waals surface area contributed by atoms with Crippen LogP contribution >= 0.6 is 11.6 Å². The summed E-state index contributed by atoms with van der Waals surface area (Å²) in [5.41, 5.74) is 0.900. The summed E-state index contributed by atoms with van der Waals surface area (Å²) >= 11 is 6.08. The molecular formula is C17H16ClNO5. The molecule has 0 aliphatic carbocycles. The van der Waals surface area contributed by atoms with E-state index in [1.807, 2.05) is 0 Å². The number of rotatable bonds is 5. The van der Waals surface area contributed by atoms with Crippen LogP contribution in [0.3, 0.4) is 0 Å². The number of benzene rings is 2. The number of methoxy groups -OCH3 is 3. The van der Waals surface area contributed by atoms with Crippen LogP contribution in [0.15, 0.2) is 36.4 Å². The topological polar surface area (TPSA) is 73.9 Å². The van der Waals surface area contributed by atoms with Crippen molar-refractivity contribution < 1.29 is 23.8 Å². The number of carbonyl (C=O) groups is 2. The van der Waals surface area contributed by atoms with Crippen molar-refractivity contribution in [3.8, 4) is 11.5 Å². The molecule has 0 saturated carbocycles. The molecule has 0 saturated heterocycles. The molecule has 126 valence electrons. The van der Waals surface area contributed by atoms with Gasteiger partial charge in [-0.25, -0.2) is 4.79 Å². The Kier molecular flexibility index (Phi) is 5.65. The molecule has 0 aliphatic heterocycles. The average Bonchev–Trinajstić information content (AvgIpc) is 2.62. The number of hydrogen-bond donors (Lipinski definition) is 1. The van der Waals surface area contributed by atoms with Crippen LogP contribution in [0.2, 0.25) is 5.02 Å². The third kappa shape index (κ3) is 3.97. The van der Waals surface area contributed by atoms with Crippen molar-refractivity contribution in [2.45, 2.75) is 0 Å². The highest BCUT2D eigenvalue weighted by Crippen LogP contribution is 2.26. The van der Waals surface area contributed by atoms with Gasteiger partial charge in [0.15, 0.2) is 0 Å². The third-order valence-corrected chi connectivity index (χ3v) is 3.58. The third-order valence-electron chi connectivity index (χ3n) is 3.25. The molecule has 24 heavy (non-hydrogen) atoms. The van der Waals surface area contributed by atoms with Gasteiger partial charge in [-0.2, -0.15) is 0 Å². The number of anilines is 1. The largest absolute Gasteiger partial charge is 0.497 e. The number of carbonyl (C=O) groups excluding carboxylic acids is 2. The Morgan fingerprint density at radius 2 is 1.54 bits per heavy atom. The molecule has 0 aliphatic rings. The smallest absolute Gasteiger partial charge is 0.337 e. The normalized spacial score (nSPS) is 10.0. The fourth-order valence-electron chi connectivity index (χ4n) is 2.00. The van der Waals surface area contributed by atoms with E-state index in [9.17, 15) is 9.59 Å². The first-order chi connectivity index (χ1) is 11.5. The van der Waals surface area contributed by atoms with Crippen LogP contribution in [-0.4, -0.2) is 33.2 Å². The Morgan fingerprint density at radius 3 is 2.08 bits per heavy atom. The van der Waals surface area contributed by atoms with Gasteiger partial charge < -0.3 is 19.5 Å². The molecule has 0 aromatic heterocycles. The van der Waals surface area contributed by atoms with Gasteiger partial charge in [-0.05, 0) is 30.3 Å². The van der Waals surface area contributed by atoms with E-state index < -0.39 is 11.9 Å². The number of nitrogens with one attached hydrogen (secondary N) is 1. The molecule has 6 nitrogen and oxygen atoms in total. The lowest BCUT2D eigenvalue weighted by Crippen LogP contribution is -2.13. The second kappa shape index (κ2) is 7.70. The summed E-state index contributed by atoms with van der Waals surface area (Å²) in [6.45, 7) is 0. The van der Waals surface area contributed by atoms with E-state index in [1.165, 1.54) is 39.5 Å². The summed E-state index contributed by atoms with van der Waals surface area (Å²) in [6, 6.07) is 9.25. The lowest BCUT2D eigenvalue weighted by atomic mass is 10.1. The molecular weight excluding hydrogens is 334 g/mol. The number of ether oxygens (including phenoxy) is 3. The number of hydrogen-bond acceptors (Lipinski definition) is 5. The van der Waals surface area contributed by atoms with Crippen LogP contribution in [0.1, 0.15) is 20.7 Å². The zero-order valence-electron chi connectivity index (χ0n) is 13.4. The standard InChI is InChI=1S/C17H16ClNO5/c1-22-12-6-11(7-13(9-12)23-2)16(20)19-15-8-10(17(21)24-3)4-5-14(15)18/h4-9H,1-3H3,(H,19,20). The second-order valence-corrected chi connectivity index (χ2v) is 5.15. The van der Waals surface area contributed by atoms with Crippen LogP contribution in [0, 0.1) is 0 Å². The zero-order valence-corrected chi connectivity index (χ0v) is 14.1. The molecule has 0 atom stereocenters. The van der Waals surface area contributed by atoms with Gasteiger partial charge in [-0.15, -0.1) is 0 Å². The number of halogens is 1. The first-order valence-corrected chi connectivity index (χ1v) is 7.28. The maximum atomic E-state index is 12.5. The highest BCUT2D eigenvalue weighted by molar-refractivity contribution is 6.34. The SMILES string of the molecule is COC(=O)c1ccc(Cl)c(NC(=O)c2cc(OC)cc(OC)c2)c1. The van der Waals surface area contributed by atoms with Gasteiger partial charge in [-0.1, -0.05) is 11.6 Å². The van der Waals surface area contributed by atoms with Crippen LogP contribution in [0.25, 0.3) is 0 Å². The van der Waals surface area contributed by atoms with Gasteiger partial charge in [0.05, 0.1) is 37.6 Å². The molecule has 2 aromatic carbocycles. The van der Waals surface area contributed by atoms with Crippen molar-refractivity contribution >= 4 is 29.2 Å². The Bertz CT molecular complexity index is 753. The van der Waals surface area contributed by atoms with E-state index in [4.69, 9.17) is 21.1 Å². The fourth-order valence-corrected chi connectivity index (χ4v) is 2.16. The quantitative estimate of drug-likeness (QED) is 0.837. The molecule has 0 radical (unpaired) electrons. The van der Waals surface area contributed by atoms with Gasteiger partial charge in [0, 0.05) is 11.6 Å². The van der Waals surface area contributed by atoms with Crippen molar-refractivity contribution in [2.24, 2.45) is 0 Å². The maximum absolute atomic E-state index is 12.5. The Hall–Kier alpha value is -2.73. The highest BCUT2D eigenvalue weighted by Gasteiger charge is 2.14. The van der Waals surface area contributed by atoms with Crippen LogP contribution < -0.4 is 14.8 Å². The van der Waals surface area contributed by atoms with E-state index >= 15 is 0 Å². The molecule has 0 heterocycles. The predicted molar refractivity (Wildman–Crippen MR) is 90.3 cm³/mol. The zero-order chi connectivity index (χ0) is 17.7. The first-order valence-electron chi connectivity index (χ1n) is 6.90. The summed E-state index contributed by atoms with van der Waals surface area (Å²) in [4.78, 5) is 24.0. The minimum atomic E-state index is -0.523. The Morgan fingerprint density at radius 1 is 0.917 bits per heavy atom. The second-order valence-electron chi connectivity index (χ2n) is 4.74. The van der Waals surface area contributed by atoms with E-state index in [2.05, 4.69) is 10.1 Å². The molecule has 0 spiro atoms. The van der Waals surface area contributed by atoms with Gasteiger partial charge in [-0.3, -0.25) is 4.79 Å². The minimum Gasteiger partial charge on any atom is -0.497 e. The van der Waals surface area contributed by atoms with Gasteiger partial charge in [0.1, 0.15) is 11.5 Å². The first kappa shape index (κ1) is 17.6. The summed E-state index contributed by atoms with van der Waals surface area (Å²) < 4.78 is 14.9. The van der Waals surface area contributed by atoms with Crippen molar-refractivity contribution in [1.29, 1.82) is 0 Å². The number of esters is 1. The molecule has 0 unspecified atom stereocenters. The van der Waals surface area contributed by atoms with E-state index in [0.29, 0.717) is 27.8 Å². The van der Waals surface area contributed by atoms with Crippen LogP contribution in [0.4, 0.5) is 5.69 Å². The van der Waals surface area contributed by atoms with Crippen molar-refractivity contribution in [2.75, 3.05) is 26.6 Å². The summed E-state index contributed by atoms with van der Waals surface area (Å²) in [5, 5.41) is 2.96. The van der Waals surface area contributed by atoms with E-state index in [0.717, 1.165) is 0 Å². The highest BCUT2D eigenvalue weighted by atomic mass is 35.5. The molecule has 0 fully saturated rings. The van der Waals surface area contributed by atoms with Gasteiger partial charge >= 0.3 is 5.97 Å². The molecule has 7 heteroatoms. The average molecular weight is 350 g/mol. The summed E-state index contributed by atoms with van der Waals surface area (Å²) in [5.74, 6) is 0.0177.